The van der Waals surface area contributed by atoms with Gasteiger partial charge >= 0.3 is 6.18 Å². The Kier molecular flexibility index (Phi) is 4.73. The number of fused-ring (bicyclic) bond motifs is 3. The summed E-state index contributed by atoms with van der Waals surface area (Å²) in [6, 6.07) is 10.6. The van der Waals surface area contributed by atoms with Crippen LogP contribution in [-0.2, 0) is 12.7 Å². The van der Waals surface area contributed by atoms with Crippen LogP contribution < -0.4 is 5.32 Å². The molecule has 156 valence electrons. The molecule has 5 nitrogen and oxygen atoms in total. The molecule has 1 fully saturated rings. The molecule has 30 heavy (non-hydrogen) atoms. The first-order valence-electron chi connectivity index (χ1n) is 10.2. The molecule has 0 radical (unpaired) electrons. The Balaban J connectivity index is 1.74. The van der Waals surface area contributed by atoms with E-state index in [9.17, 15) is 13.2 Å². The highest BCUT2D eigenvalue weighted by molar-refractivity contribution is 6.04. The Morgan fingerprint density at radius 2 is 1.97 bits per heavy atom. The third-order valence-corrected chi connectivity index (χ3v) is 5.85. The predicted molar refractivity (Wildman–Crippen MR) is 110 cm³/mol. The summed E-state index contributed by atoms with van der Waals surface area (Å²) in [7, 11) is 0. The molecule has 1 saturated heterocycles. The van der Waals surface area contributed by atoms with Crippen molar-refractivity contribution in [1.29, 1.82) is 0 Å². The molecule has 3 aromatic heterocycles. The average molecular weight is 413 g/mol. The third-order valence-electron chi connectivity index (χ3n) is 5.85. The van der Waals surface area contributed by atoms with Gasteiger partial charge in [0, 0.05) is 18.1 Å². The van der Waals surface area contributed by atoms with Crippen LogP contribution in [0.3, 0.4) is 0 Å². The maximum atomic E-state index is 13.9. The second-order valence-corrected chi connectivity index (χ2v) is 7.84. The van der Waals surface area contributed by atoms with Crippen molar-refractivity contribution >= 4 is 21.9 Å². The first-order chi connectivity index (χ1) is 14.5. The fourth-order valence-electron chi connectivity index (χ4n) is 4.41. The molecule has 0 spiro atoms. The standard InChI is InChI=1S/C22H22F3N5/c23-22(24,25)20-18-19(15-6-1-2-7-16(15)28-20)30(12-9-14-5-3-10-26-13-14)21(29-18)17-8-4-11-27-17/h1-2,4,6-8,11,14,26-27H,3,5,9-10,12-13H2. The summed E-state index contributed by atoms with van der Waals surface area (Å²) in [5.41, 5.74) is 0.511. The number of imidazole rings is 1. The Morgan fingerprint density at radius 3 is 2.70 bits per heavy atom. The second kappa shape index (κ2) is 7.43. The molecule has 1 aliphatic heterocycles. The number of H-pyrrole nitrogens is 1. The number of hydrogen-bond donors (Lipinski definition) is 2. The molecule has 4 aromatic rings. The zero-order valence-corrected chi connectivity index (χ0v) is 16.3. The van der Waals surface area contributed by atoms with Crippen molar-refractivity contribution in [2.24, 2.45) is 5.92 Å². The van der Waals surface area contributed by atoms with E-state index in [2.05, 4.69) is 20.3 Å². The number of hydrogen-bond acceptors (Lipinski definition) is 3. The summed E-state index contributed by atoms with van der Waals surface area (Å²) < 4.78 is 43.6. The van der Waals surface area contributed by atoms with Gasteiger partial charge in [0.1, 0.15) is 5.52 Å². The number of halogens is 3. The monoisotopic (exact) mass is 413 g/mol. The van der Waals surface area contributed by atoms with Crippen molar-refractivity contribution in [3.63, 3.8) is 0 Å². The number of benzene rings is 1. The number of rotatable bonds is 4. The van der Waals surface area contributed by atoms with Gasteiger partial charge in [-0.1, -0.05) is 18.2 Å². The highest BCUT2D eigenvalue weighted by atomic mass is 19.4. The van der Waals surface area contributed by atoms with Crippen LogP contribution in [0.4, 0.5) is 13.2 Å². The molecular weight excluding hydrogens is 391 g/mol. The molecule has 8 heteroatoms. The third kappa shape index (κ3) is 3.35. The van der Waals surface area contributed by atoms with Crippen LogP contribution in [0.25, 0.3) is 33.5 Å². The Bertz CT molecular complexity index is 1170. The SMILES string of the molecule is FC(F)(F)c1nc2ccccc2c2c1nc(-c1ccc[nH]1)n2CCC1CCCNC1. The van der Waals surface area contributed by atoms with Crippen LogP contribution in [0.15, 0.2) is 42.6 Å². The molecule has 0 amide bonds. The molecule has 4 heterocycles. The fourth-order valence-corrected chi connectivity index (χ4v) is 4.41. The minimum Gasteiger partial charge on any atom is -0.359 e. The van der Waals surface area contributed by atoms with Crippen molar-refractivity contribution in [3.8, 4) is 11.5 Å². The zero-order valence-electron chi connectivity index (χ0n) is 16.3. The number of nitrogens with one attached hydrogen (secondary N) is 2. The van der Waals surface area contributed by atoms with Crippen molar-refractivity contribution in [2.75, 3.05) is 13.1 Å². The molecule has 1 atom stereocenters. The molecule has 0 aliphatic carbocycles. The number of nitrogens with zero attached hydrogens (tertiary/aromatic N) is 3. The molecule has 0 saturated carbocycles. The summed E-state index contributed by atoms with van der Waals surface area (Å²) in [6.07, 6.45) is 0.314. The van der Waals surface area contributed by atoms with Gasteiger partial charge in [0.25, 0.3) is 0 Å². The van der Waals surface area contributed by atoms with E-state index in [1.54, 1.807) is 18.3 Å². The maximum absolute atomic E-state index is 13.9. The lowest BCUT2D eigenvalue weighted by Crippen LogP contribution is -2.30. The van der Waals surface area contributed by atoms with E-state index < -0.39 is 11.9 Å². The molecule has 1 unspecified atom stereocenters. The summed E-state index contributed by atoms with van der Waals surface area (Å²) in [5, 5.41) is 4.10. The van der Waals surface area contributed by atoms with E-state index in [0.29, 0.717) is 40.4 Å². The number of piperidine rings is 1. The first-order valence-corrected chi connectivity index (χ1v) is 10.2. The Hall–Kier alpha value is -2.87. The van der Waals surface area contributed by atoms with Gasteiger partial charge in [-0.2, -0.15) is 13.2 Å². The normalized spacial score (nSPS) is 17.8. The molecule has 1 aliphatic rings. The predicted octanol–water partition coefficient (Wildman–Crippen LogP) is 4.99. The van der Waals surface area contributed by atoms with E-state index in [1.165, 1.54) is 0 Å². The van der Waals surface area contributed by atoms with Crippen LogP contribution in [0.5, 0.6) is 0 Å². The number of alkyl halides is 3. The van der Waals surface area contributed by atoms with E-state index in [4.69, 9.17) is 0 Å². The van der Waals surface area contributed by atoms with Crippen molar-refractivity contribution in [3.05, 3.63) is 48.3 Å². The number of pyridine rings is 1. The summed E-state index contributed by atoms with van der Waals surface area (Å²) >= 11 is 0. The van der Waals surface area contributed by atoms with Crippen molar-refractivity contribution in [2.45, 2.75) is 32.0 Å². The largest absolute Gasteiger partial charge is 0.435 e. The average Bonchev–Trinajstić information content (AvgIpc) is 3.39. The number of aromatic nitrogens is 4. The first kappa shape index (κ1) is 19.1. The summed E-state index contributed by atoms with van der Waals surface area (Å²) in [4.78, 5) is 11.5. The van der Waals surface area contributed by atoms with E-state index in [1.807, 2.05) is 28.8 Å². The number of aryl methyl sites for hydroxylation is 1. The fraction of sp³-hybridized carbons (Fsp3) is 0.364. The van der Waals surface area contributed by atoms with Crippen LogP contribution in [-0.4, -0.2) is 32.6 Å². The number of aromatic amines is 1. The lowest BCUT2D eigenvalue weighted by molar-refractivity contribution is -0.139. The molecule has 1 aromatic carbocycles. The van der Waals surface area contributed by atoms with Crippen LogP contribution >= 0.6 is 0 Å². The van der Waals surface area contributed by atoms with E-state index in [0.717, 1.165) is 32.4 Å². The van der Waals surface area contributed by atoms with E-state index in [-0.39, 0.29) is 5.52 Å². The Morgan fingerprint density at radius 1 is 1.10 bits per heavy atom. The van der Waals surface area contributed by atoms with Gasteiger partial charge in [-0.25, -0.2) is 9.97 Å². The maximum Gasteiger partial charge on any atom is 0.435 e. The zero-order chi connectivity index (χ0) is 20.7. The smallest absolute Gasteiger partial charge is 0.359 e. The van der Waals surface area contributed by atoms with Gasteiger partial charge in [-0.15, -0.1) is 0 Å². The topological polar surface area (TPSA) is 58.5 Å². The summed E-state index contributed by atoms with van der Waals surface area (Å²) in [5.74, 6) is 1.02. The highest BCUT2D eigenvalue weighted by Gasteiger charge is 2.37. The van der Waals surface area contributed by atoms with Gasteiger partial charge in [-0.05, 0) is 56.5 Å². The Labute approximate surface area is 171 Å². The van der Waals surface area contributed by atoms with Crippen molar-refractivity contribution in [1.82, 2.24) is 24.8 Å². The minimum absolute atomic E-state index is 0.0902. The van der Waals surface area contributed by atoms with E-state index >= 15 is 0 Å². The van der Waals surface area contributed by atoms with Crippen LogP contribution in [0.1, 0.15) is 25.0 Å². The second-order valence-electron chi connectivity index (χ2n) is 7.84. The molecular formula is C22H22F3N5. The molecule has 5 rings (SSSR count). The lowest BCUT2D eigenvalue weighted by atomic mass is 9.96. The van der Waals surface area contributed by atoms with Gasteiger partial charge in [0.05, 0.1) is 16.7 Å². The van der Waals surface area contributed by atoms with Gasteiger partial charge < -0.3 is 14.9 Å². The molecule has 0 bridgehead atoms. The molecule has 2 N–H and O–H groups in total. The highest BCUT2D eigenvalue weighted by Crippen LogP contribution is 2.38. The summed E-state index contributed by atoms with van der Waals surface area (Å²) in [6.45, 7) is 2.58. The lowest BCUT2D eigenvalue weighted by Gasteiger charge is -2.23. The minimum atomic E-state index is -4.58. The van der Waals surface area contributed by atoms with Gasteiger partial charge in [0.2, 0.25) is 0 Å². The number of para-hydroxylation sites is 1. The quantitative estimate of drug-likeness (QED) is 0.496. The van der Waals surface area contributed by atoms with Crippen LogP contribution in [0.2, 0.25) is 0 Å². The van der Waals surface area contributed by atoms with Gasteiger partial charge in [-0.3, -0.25) is 0 Å². The van der Waals surface area contributed by atoms with Crippen LogP contribution in [0, 0.1) is 5.92 Å². The van der Waals surface area contributed by atoms with Gasteiger partial charge in [0.15, 0.2) is 11.5 Å². The van der Waals surface area contributed by atoms with Crippen molar-refractivity contribution < 1.29 is 13.2 Å².